The number of benzene rings is 3. The summed E-state index contributed by atoms with van der Waals surface area (Å²) in [6.45, 7) is 2.37. The number of carbonyl (C=O) groups is 1. The number of fused-ring (bicyclic) bond motifs is 2. The zero-order chi connectivity index (χ0) is 25.8. The van der Waals surface area contributed by atoms with Gasteiger partial charge in [-0.2, -0.15) is 0 Å². The second-order valence-corrected chi connectivity index (χ2v) is 8.49. The molecule has 0 saturated heterocycles. The van der Waals surface area contributed by atoms with Crippen molar-refractivity contribution in [3.05, 3.63) is 84.5 Å². The minimum Gasteiger partial charge on any atom is -0.457 e. The fraction of sp³-hybridized carbons (Fsp3) is 0.143. The van der Waals surface area contributed by atoms with Gasteiger partial charge in [0, 0.05) is 30.7 Å². The molecule has 1 amide bonds. The molecular formula is C28H26N6O3. The first-order valence-electron chi connectivity index (χ1n) is 11.7. The third-order valence-electron chi connectivity index (χ3n) is 5.88. The molecule has 0 bridgehead atoms. The Labute approximate surface area is 213 Å². The van der Waals surface area contributed by atoms with E-state index in [1.54, 1.807) is 12.7 Å². The maximum atomic E-state index is 11.2. The van der Waals surface area contributed by atoms with E-state index in [9.17, 15) is 4.79 Å². The quantitative estimate of drug-likeness (QED) is 0.298. The Kier molecular flexibility index (Phi) is 6.67. The van der Waals surface area contributed by atoms with E-state index in [2.05, 4.69) is 30.3 Å². The minimum atomic E-state index is -0.468. The molecule has 186 valence electrons. The average molecular weight is 495 g/mol. The summed E-state index contributed by atoms with van der Waals surface area (Å²) in [5.74, 6) is 2.20. The van der Waals surface area contributed by atoms with Gasteiger partial charge in [0.25, 0.3) is 0 Å². The highest BCUT2D eigenvalue weighted by molar-refractivity contribution is 5.92. The molecule has 9 nitrogen and oxygen atoms in total. The lowest BCUT2D eigenvalue weighted by molar-refractivity contribution is 0.172. The highest BCUT2D eigenvalue weighted by Gasteiger charge is 2.09. The van der Waals surface area contributed by atoms with E-state index in [1.807, 2.05) is 85.3 Å². The molecule has 2 heterocycles. The van der Waals surface area contributed by atoms with Crippen molar-refractivity contribution in [2.75, 3.05) is 19.0 Å². The van der Waals surface area contributed by atoms with Crippen molar-refractivity contribution in [3.8, 4) is 11.5 Å². The zero-order valence-electron chi connectivity index (χ0n) is 20.7. The number of hydrogen-bond acceptors (Lipinski definition) is 7. The number of nitrogens with one attached hydrogen (secondary N) is 2. The number of anilines is 2. The van der Waals surface area contributed by atoms with Crippen LogP contribution in [0.4, 0.5) is 16.3 Å². The summed E-state index contributed by atoms with van der Waals surface area (Å²) in [7, 11) is 3.30. The van der Waals surface area contributed by atoms with Gasteiger partial charge in [-0.15, -0.1) is 0 Å². The third-order valence-corrected chi connectivity index (χ3v) is 5.88. The Morgan fingerprint density at radius 2 is 1.92 bits per heavy atom. The molecule has 0 unspecified atom stereocenters. The normalized spacial score (nSPS) is 11.2. The molecular weight excluding hydrogens is 468 g/mol. The summed E-state index contributed by atoms with van der Waals surface area (Å²) < 4.78 is 12.7. The van der Waals surface area contributed by atoms with Gasteiger partial charge in [0.05, 0.1) is 30.0 Å². The summed E-state index contributed by atoms with van der Waals surface area (Å²) in [5, 5.41) is 6.91. The molecule has 2 aromatic heterocycles. The van der Waals surface area contributed by atoms with Gasteiger partial charge in [-0.05, 0) is 60.5 Å². The van der Waals surface area contributed by atoms with Crippen molar-refractivity contribution < 1.29 is 14.3 Å². The Hall–Kier alpha value is -4.92. The second-order valence-electron chi connectivity index (χ2n) is 8.49. The van der Waals surface area contributed by atoms with Crippen molar-refractivity contribution in [1.29, 1.82) is 0 Å². The highest BCUT2D eigenvalue weighted by Crippen LogP contribution is 2.31. The van der Waals surface area contributed by atoms with Crippen LogP contribution in [0.15, 0.2) is 73.3 Å². The van der Waals surface area contributed by atoms with E-state index < -0.39 is 6.09 Å². The lowest BCUT2D eigenvalue weighted by atomic mass is 10.1. The molecule has 2 N–H and O–H groups in total. The van der Waals surface area contributed by atoms with Crippen LogP contribution >= 0.6 is 0 Å². The van der Waals surface area contributed by atoms with Crippen LogP contribution in [0.1, 0.15) is 11.1 Å². The number of alkyl carbamates (subject to hydrolysis) is 1. The van der Waals surface area contributed by atoms with Crippen LogP contribution in [0.3, 0.4) is 0 Å². The van der Waals surface area contributed by atoms with E-state index in [4.69, 9.17) is 4.74 Å². The van der Waals surface area contributed by atoms with Crippen LogP contribution in [-0.2, 0) is 11.8 Å². The largest absolute Gasteiger partial charge is 0.457 e. The Morgan fingerprint density at radius 3 is 2.76 bits per heavy atom. The van der Waals surface area contributed by atoms with Gasteiger partial charge in [0.15, 0.2) is 0 Å². The topological polar surface area (TPSA) is 103 Å². The molecule has 0 saturated carbocycles. The van der Waals surface area contributed by atoms with Crippen LogP contribution in [0, 0.1) is 6.92 Å². The lowest BCUT2D eigenvalue weighted by Crippen LogP contribution is -2.22. The molecule has 0 aliphatic rings. The second kappa shape index (κ2) is 10.4. The van der Waals surface area contributed by atoms with Crippen LogP contribution in [0.2, 0.25) is 0 Å². The molecule has 0 aliphatic carbocycles. The standard InChI is InChI=1S/C28H26N6O3/c1-18-13-20(7-11-26(18)37-21-8-10-25-24(15-21)32-17-34(25)2)33-27-22-14-19(5-4-12-29-28(35)36-3)6-9-23(22)30-16-31-27/h4-11,13-17H,12H2,1-3H3,(H,29,35)(H,30,31,33)/b5-4+. The van der Waals surface area contributed by atoms with Crippen molar-refractivity contribution >= 4 is 45.6 Å². The average Bonchev–Trinajstić information content (AvgIpc) is 3.28. The van der Waals surface area contributed by atoms with Gasteiger partial charge in [0.1, 0.15) is 23.6 Å². The predicted molar refractivity (Wildman–Crippen MR) is 144 cm³/mol. The van der Waals surface area contributed by atoms with Gasteiger partial charge in [-0.25, -0.2) is 19.7 Å². The Balaban J connectivity index is 1.33. The highest BCUT2D eigenvalue weighted by atomic mass is 16.5. The number of rotatable bonds is 7. The first-order chi connectivity index (χ1) is 18.0. The summed E-state index contributed by atoms with van der Waals surface area (Å²) in [6, 6.07) is 17.7. The number of amides is 1. The molecule has 0 spiro atoms. The van der Waals surface area contributed by atoms with E-state index >= 15 is 0 Å². The number of hydrogen-bond donors (Lipinski definition) is 2. The number of imidazole rings is 1. The van der Waals surface area contributed by atoms with Gasteiger partial charge in [-0.3, -0.25) is 0 Å². The zero-order valence-corrected chi connectivity index (χ0v) is 20.7. The number of aromatic nitrogens is 4. The smallest absolute Gasteiger partial charge is 0.407 e. The third kappa shape index (κ3) is 5.35. The first kappa shape index (κ1) is 23.8. The van der Waals surface area contributed by atoms with Crippen LogP contribution < -0.4 is 15.4 Å². The van der Waals surface area contributed by atoms with E-state index in [-0.39, 0.29) is 0 Å². The lowest BCUT2D eigenvalue weighted by Gasteiger charge is -2.13. The molecule has 3 aromatic carbocycles. The monoisotopic (exact) mass is 494 g/mol. The van der Waals surface area contributed by atoms with Crippen molar-refractivity contribution in [2.45, 2.75) is 6.92 Å². The molecule has 0 fully saturated rings. The molecule has 5 aromatic rings. The number of ether oxygens (including phenoxy) is 2. The number of aryl methyl sites for hydroxylation is 2. The van der Waals surface area contributed by atoms with Gasteiger partial charge < -0.3 is 24.7 Å². The van der Waals surface area contributed by atoms with Gasteiger partial charge >= 0.3 is 6.09 Å². The van der Waals surface area contributed by atoms with Gasteiger partial charge in [-0.1, -0.05) is 18.2 Å². The summed E-state index contributed by atoms with van der Waals surface area (Å²) in [6.07, 6.45) is 6.63. The minimum absolute atomic E-state index is 0.366. The fourth-order valence-electron chi connectivity index (χ4n) is 3.97. The molecule has 5 rings (SSSR count). The van der Waals surface area contributed by atoms with Crippen LogP contribution in [0.5, 0.6) is 11.5 Å². The van der Waals surface area contributed by atoms with Crippen molar-refractivity contribution in [1.82, 2.24) is 24.8 Å². The maximum absolute atomic E-state index is 11.2. The Bertz CT molecular complexity index is 1630. The number of carbonyl (C=O) groups excluding carboxylic acids is 1. The van der Waals surface area contributed by atoms with E-state index in [0.717, 1.165) is 50.2 Å². The van der Waals surface area contributed by atoms with Crippen LogP contribution in [0.25, 0.3) is 28.0 Å². The van der Waals surface area contributed by atoms with Gasteiger partial charge in [0.2, 0.25) is 0 Å². The van der Waals surface area contributed by atoms with E-state index in [0.29, 0.717) is 12.4 Å². The molecule has 0 aliphatic heterocycles. The summed E-state index contributed by atoms with van der Waals surface area (Å²) in [4.78, 5) is 24.4. The first-order valence-corrected chi connectivity index (χ1v) is 11.7. The number of methoxy groups -OCH3 is 1. The fourth-order valence-corrected chi connectivity index (χ4v) is 3.97. The Morgan fingerprint density at radius 1 is 1.03 bits per heavy atom. The van der Waals surface area contributed by atoms with E-state index in [1.165, 1.54) is 7.11 Å². The summed E-state index contributed by atoms with van der Waals surface area (Å²) in [5.41, 5.74) is 5.59. The molecule has 37 heavy (non-hydrogen) atoms. The maximum Gasteiger partial charge on any atom is 0.407 e. The summed E-state index contributed by atoms with van der Waals surface area (Å²) >= 11 is 0. The SMILES string of the molecule is COC(=O)NC/C=C/c1ccc2ncnc(Nc3ccc(Oc4ccc5c(c4)ncn5C)c(C)c3)c2c1. The molecule has 0 radical (unpaired) electrons. The van der Waals surface area contributed by atoms with Crippen molar-refractivity contribution in [2.24, 2.45) is 7.05 Å². The number of nitrogens with zero attached hydrogens (tertiary/aromatic N) is 4. The van der Waals surface area contributed by atoms with Crippen molar-refractivity contribution in [3.63, 3.8) is 0 Å². The molecule has 9 heteroatoms. The predicted octanol–water partition coefficient (Wildman–Crippen LogP) is 5.73. The molecule has 0 atom stereocenters. The van der Waals surface area contributed by atoms with Crippen LogP contribution in [-0.4, -0.2) is 39.3 Å².